The molecule has 14 nitrogen and oxygen atoms in total. The zero-order valence-electron chi connectivity index (χ0n) is 20.3. The van der Waals surface area contributed by atoms with Crippen LogP contribution in [0.2, 0.25) is 0 Å². The van der Waals surface area contributed by atoms with Crippen molar-refractivity contribution in [2.75, 3.05) is 25.1 Å². The predicted octanol–water partition coefficient (Wildman–Crippen LogP) is -2.05. The second-order valence-corrected chi connectivity index (χ2v) is 9.32. The fourth-order valence-corrected chi connectivity index (χ4v) is 4.00. The van der Waals surface area contributed by atoms with Crippen molar-refractivity contribution in [1.82, 2.24) is 21.3 Å². The average Bonchev–Trinajstić information content (AvgIpc) is 3.35. The Hall–Kier alpha value is -3.07. The summed E-state index contributed by atoms with van der Waals surface area (Å²) < 4.78 is 0. The van der Waals surface area contributed by atoms with E-state index >= 15 is 0 Å². The lowest BCUT2D eigenvalue weighted by Gasteiger charge is -2.25. The molecular weight excluding hydrogens is 494 g/mol. The number of hydrogen-bond acceptors (Lipinski definition) is 8. The van der Waals surface area contributed by atoms with Crippen molar-refractivity contribution < 1.29 is 34.2 Å². The van der Waals surface area contributed by atoms with Gasteiger partial charge in [-0.25, -0.2) is 4.79 Å². The number of nitrogens with one attached hydrogen (secondary N) is 4. The van der Waals surface area contributed by atoms with Crippen molar-refractivity contribution in [1.29, 1.82) is 0 Å². The van der Waals surface area contributed by atoms with Gasteiger partial charge in [-0.1, -0.05) is 0 Å². The number of guanidine groups is 1. The van der Waals surface area contributed by atoms with Gasteiger partial charge < -0.3 is 42.9 Å². The van der Waals surface area contributed by atoms with E-state index in [0.717, 1.165) is 6.42 Å². The van der Waals surface area contributed by atoms with E-state index in [0.29, 0.717) is 25.1 Å². The second kappa shape index (κ2) is 16.6. The number of carboxylic acids is 2. The number of carboxylic acid groups (broad SMARTS) is 2. The van der Waals surface area contributed by atoms with Gasteiger partial charge in [0, 0.05) is 13.0 Å². The van der Waals surface area contributed by atoms with Crippen LogP contribution in [-0.4, -0.2) is 95.1 Å². The minimum atomic E-state index is -1.43. The van der Waals surface area contributed by atoms with Crippen molar-refractivity contribution in [2.24, 2.45) is 16.5 Å². The van der Waals surface area contributed by atoms with Crippen molar-refractivity contribution in [3.8, 4) is 0 Å². The number of carbonyl (C=O) groups is 5. The number of amides is 3. The summed E-state index contributed by atoms with van der Waals surface area (Å²) in [5.74, 6) is -3.88. The summed E-state index contributed by atoms with van der Waals surface area (Å²) in [4.78, 5) is 64.7. The maximum Gasteiger partial charge on any atom is 0.326 e. The highest BCUT2D eigenvalue weighted by Crippen LogP contribution is 2.09. The molecule has 1 aliphatic rings. The standard InChI is InChI=1S/C21H37N7O7S/c1-36-11-8-14(19(33)28-15(20(34)35)6-7-16(29)30)27-18(32)13(5-3-10-25-21(22)23)26-17(31)12-4-2-9-24-12/h12-15,24H,2-11H2,1H3,(H,26,31)(H,27,32)(H,28,33)(H,29,30)(H,34,35)(H4,22,23,25). The highest BCUT2D eigenvalue weighted by molar-refractivity contribution is 7.98. The number of aliphatic imine (C=N–C) groups is 1. The Morgan fingerprint density at radius 1 is 1.00 bits per heavy atom. The maximum absolute atomic E-state index is 13.1. The van der Waals surface area contributed by atoms with E-state index in [-0.39, 0.29) is 37.7 Å². The molecule has 0 bridgehead atoms. The van der Waals surface area contributed by atoms with Crippen LogP contribution in [0.4, 0.5) is 0 Å². The van der Waals surface area contributed by atoms with E-state index in [1.807, 2.05) is 6.26 Å². The number of thioether (sulfide) groups is 1. The Morgan fingerprint density at radius 3 is 2.17 bits per heavy atom. The fraction of sp³-hybridized carbons (Fsp3) is 0.714. The van der Waals surface area contributed by atoms with Crippen LogP contribution in [0.5, 0.6) is 0 Å². The molecule has 10 N–H and O–H groups in total. The van der Waals surface area contributed by atoms with Crippen LogP contribution in [0.1, 0.15) is 44.9 Å². The van der Waals surface area contributed by atoms with Crippen LogP contribution >= 0.6 is 11.8 Å². The molecule has 15 heteroatoms. The molecule has 0 aromatic heterocycles. The number of rotatable bonds is 17. The number of nitrogens with two attached hydrogens (primary N) is 2. The molecule has 0 radical (unpaired) electrons. The Bertz CT molecular complexity index is 801. The lowest BCUT2D eigenvalue weighted by Crippen LogP contribution is -2.57. The Morgan fingerprint density at radius 2 is 1.64 bits per heavy atom. The maximum atomic E-state index is 13.1. The molecule has 3 amide bonds. The van der Waals surface area contributed by atoms with E-state index in [1.165, 1.54) is 11.8 Å². The third-order valence-electron chi connectivity index (χ3n) is 5.46. The summed E-state index contributed by atoms with van der Waals surface area (Å²) in [6.07, 6.45) is 3.31. The van der Waals surface area contributed by atoms with Gasteiger partial charge in [0.2, 0.25) is 17.7 Å². The van der Waals surface area contributed by atoms with E-state index < -0.39 is 54.3 Å². The lowest BCUT2D eigenvalue weighted by atomic mass is 10.1. The Labute approximate surface area is 213 Å². The molecule has 1 aliphatic heterocycles. The van der Waals surface area contributed by atoms with Gasteiger partial charge in [-0.15, -0.1) is 0 Å². The molecule has 0 aromatic carbocycles. The molecule has 1 fully saturated rings. The van der Waals surface area contributed by atoms with Gasteiger partial charge in [0.25, 0.3) is 0 Å². The molecule has 1 saturated heterocycles. The molecule has 0 aliphatic carbocycles. The summed E-state index contributed by atoms with van der Waals surface area (Å²) in [6, 6.07) is -3.90. The van der Waals surface area contributed by atoms with Crippen molar-refractivity contribution in [3.05, 3.63) is 0 Å². The van der Waals surface area contributed by atoms with Crippen LogP contribution in [0, 0.1) is 0 Å². The summed E-state index contributed by atoms with van der Waals surface area (Å²) in [5, 5.41) is 28.9. The van der Waals surface area contributed by atoms with Gasteiger partial charge in [-0.3, -0.25) is 24.2 Å². The van der Waals surface area contributed by atoms with Gasteiger partial charge in [0.1, 0.15) is 18.1 Å². The van der Waals surface area contributed by atoms with Gasteiger partial charge in [-0.05, 0) is 57.1 Å². The first kappa shape index (κ1) is 31.0. The predicted molar refractivity (Wildman–Crippen MR) is 134 cm³/mol. The summed E-state index contributed by atoms with van der Waals surface area (Å²) >= 11 is 1.43. The third-order valence-corrected chi connectivity index (χ3v) is 6.10. The molecule has 36 heavy (non-hydrogen) atoms. The number of carbonyl (C=O) groups excluding carboxylic acids is 3. The van der Waals surface area contributed by atoms with E-state index in [1.54, 1.807) is 0 Å². The first-order valence-electron chi connectivity index (χ1n) is 11.7. The van der Waals surface area contributed by atoms with Crippen LogP contribution < -0.4 is 32.7 Å². The Kier molecular flexibility index (Phi) is 14.3. The lowest BCUT2D eigenvalue weighted by molar-refractivity contribution is -0.143. The van der Waals surface area contributed by atoms with Crippen LogP contribution in [-0.2, 0) is 24.0 Å². The molecule has 1 heterocycles. The highest BCUT2D eigenvalue weighted by Gasteiger charge is 2.31. The molecule has 204 valence electrons. The van der Waals surface area contributed by atoms with Gasteiger partial charge in [0.05, 0.1) is 6.04 Å². The third kappa shape index (κ3) is 12.1. The SMILES string of the molecule is CSCCC(NC(=O)C(CCCN=C(N)N)NC(=O)C1CCCN1)C(=O)NC(CCC(=O)O)C(=O)O. The minimum absolute atomic E-state index is 0.0973. The largest absolute Gasteiger partial charge is 0.481 e. The van der Waals surface area contributed by atoms with Crippen LogP contribution in [0.25, 0.3) is 0 Å². The first-order valence-corrected chi connectivity index (χ1v) is 13.1. The first-order chi connectivity index (χ1) is 17.0. The zero-order valence-corrected chi connectivity index (χ0v) is 21.1. The van der Waals surface area contributed by atoms with Crippen molar-refractivity contribution >= 4 is 47.4 Å². The highest BCUT2D eigenvalue weighted by atomic mass is 32.2. The summed E-state index contributed by atoms with van der Waals surface area (Å²) in [6.45, 7) is 0.937. The van der Waals surface area contributed by atoms with E-state index in [4.69, 9.17) is 16.6 Å². The van der Waals surface area contributed by atoms with Gasteiger partial charge >= 0.3 is 11.9 Å². The quantitative estimate of drug-likeness (QED) is 0.0577. The van der Waals surface area contributed by atoms with Crippen LogP contribution in [0.3, 0.4) is 0 Å². The second-order valence-electron chi connectivity index (χ2n) is 8.33. The van der Waals surface area contributed by atoms with Gasteiger partial charge in [-0.2, -0.15) is 11.8 Å². The monoisotopic (exact) mass is 531 g/mol. The summed E-state index contributed by atoms with van der Waals surface area (Å²) in [7, 11) is 0. The Balaban J connectivity index is 2.93. The van der Waals surface area contributed by atoms with Crippen LogP contribution in [0.15, 0.2) is 4.99 Å². The zero-order chi connectivity index (χ0) is 27.1. The molecule has 4 atom stereocenters. The van der Waals surface area contributed by atoms with E-state index in [2.05, 4.69) is 26.3 Å². The fourth-order valence-electron chi connectivity index (χ4n) is 3.53. The van der Waals surface area contributed by atoms with Gasteiger partial charge in [0.15, 0.2) is 5.96 Å². The number of nitrogens with zero attached hydrogens (tertiary/aromatic N) is 1. The average molecular weight is 532 g/mol. The molecule has 0 spiro atoms. The molecule has 0 aromatic rings. The molecular formula is C21H37N7O7S. The summed E-state index contributed by atoms with van der Waals surface area (Å²) in [5.41, 5.74) is 10.7. The molecule has 0 saturated carbocycles. The topological polar surface area (TPSA) is 238 Å². The van der Waals surface area contributed by atoms with Crippen molar-refractivity contribution in [2.45, 2.75) is 69.1 Å². The minimum Gasteiger partial charge on any atom is -0.481 e. The smallest absolute Gasteiger partial charge is 0.326 e. The molecule has 4 unspecified atom stereocenters. The molecule has 1 rings (SSSR count). The normalized spacial score (nSPS) is 17.3. The van der Waals surface area contributed by atoms with E-state index in [9.17, 15) is 29.1 Å². The number of aliphatic carboxylic acids is 2. The number of hydrogen-bond donors (Lipinski definition) is 8. The van der Waals surface area contributed by atoms with Crippen molar-refractivity contribution in [3.63, 3.8) is 0 Å².